The van der Waals surface area contributed by atoms with Gasteiger partial charge in [-0.1, -0.05) is 50.1 Å². The van der Waals surface area contributed by atoms with Crippen LogP contribution in [0.5, 0.6) is 0 Å². The second-order valence-corrected chi connectivity index (χ2v) is 7.80. The van der Waals surface area contributed by atoms with E-state index in [1.165, 1.54) is 44.7 Å². The van der Waals surface area contributed by atoms with Gasteiger partial charge in [-0.25, -0.2) is 9.37 Å². The van der Waals surface area contributed by atoms with Crippen LogP contribution < -0.4 is 5.56 Å². The van der Waals surface area contributed by atoms with Crippen molar-refractivity contribution in [2.75, 3.05) is 0 Å². The van der Waals surface area contributed by atoms with Crippen LogP contribution in [0.4, 0.5) is 4.39 Å². The number of fused-ring (bicyclic) bond motifs is 1. The summed E-state index contributed by atoms with van der Waals surface area (Å²) < 4.78 is 13.4. The molecule has 0 atom stereocenters. The number of rotatable bonds is 2. The fraction of sp³-hybridized carbons (Fsp3) is 0.261. The van der Waals surface area contributed by atoms with Crippen molar-refractivity contribution < 1.29 is 4.39 Å². The summed E-state index contributed by atoms with van der Waals surface area (Å²) >= 11 is 5.97. The van der Waals surface area contributed by atoms with Crippen LogP contribution in [0, 0.1) is 5.82 Å². The second kappa shape index (κ2) is 9.22. The highest BCUT2D eigenvalue weighted by molar-refractivity contribution is 6.31. The molecule has 0 saturated heterocycles. The topological polar surface area (TPSA) is 74.4 Å². The van der Waals surface area contributed by atoms with Crippen LogP contribution in [0.1, 0.15) is 38.5 Å². The number of pyridine rings is 2. The summed E-state index contributed by atoms with van der Waals surface area (Å²) in [5.41, 5.74) is 2.72. The summed E-state index contributed by atoms with van der Waals surface area (Å²) in [4.78, 5) is 25.4. The highest BCUT2D eigenvalue weighted by atomic mass is 35.5. The first-order valence-electron chi connectivity index (χ1n) is 10.1. The van der Waals surface area contributed by atoms with E-state index in [0.717, 1.165) is 22.7 Å². The van der Waals surface area contributed by atoms with E-state index in [9.17, 15) is 9.18 Å². The highest BCUT2D eigenvalue weighted by Crippen LogP contribution is 2.24. The van der Waals surface area contributed by atoms with Gasteiger partial charge < -0.3 is 9.97 Å². The fourth-order valence-corrected chi connectivity index (χ4v) is 3.66. The Morgan fingerprint density at radius 3 is 2.30 bits per heavy atom. The first-order valence-corrected chi connectivity index (χ1v) is 10.5. The number of halogens is 2. The maximum absolute atomic E-state index is 13.4. The Bertz CT molecular complexity index is 1180. The molecule has 1 aliphatic carbocycles. The van der Waals surface area contributed by atoms with E-state index in [2.05, 4.69) is 19.9 Å². The van der Waals surface area contributed by atoms with Gasteiger partial charge in [0, 0.05) is 28.5 Å². The Morgan fingerprint density at radius 2 is 1.67 bits per heavy atom. The van der Waals surface area contributed by atoms with Gasteiger partial charge in [-0.3, -0.25) is 9.78 Å². The van der Waals surface area contributed by atoms with Crippen molar-refractivity contribution in [1.82, 2.24) is 19.9 Å². The van der Waals surface area contributed by atoms with Crippen LogP contribution in [0.15, 0.2) is 53.6 Å². The summed E-state index contributed by atoms with van der Waals surface area (Å²) in [5, 5.41) is 0.631. The van der Waals surface area contributed by atoms with Gasteiger partial charge in [-0.15, -0.1) is 0 Å². The minimum Gasteiger partial charge on any atom is -0.338 e. The molecular formula is C23H22ClFN4O. The number of hydrogen-bond acceptors (Lipinski definition) is 3. The Balaban J connectivity index is 0.000000313. The maximum atomic E-state index is 13.4. The van der Waals surface area contributed by atoms with E-state index in [-0.39, 0.29) is 0 Å². The van der Waals surface area contributed by atoms with Crippen molar-refractivity contribution >= 4 is 22.6 Å². The molecule has 5 rings (SSSR count). The summed E-state index contributed by atoms with van der Waals surface area (Å²) in [5.74, 6) is -0.175. The number of aromatic amines is 2. The lowest BCUT2D eigenvalue weighted by molar-refractivity contribution is 0.504. The second-order valence-electron chi connectivity index (χ2n) is 7.37. The van der Waals surface area contributed by atoms with Gasteiger partial charge in [0.1, 0.15) is 5.82 Å². The van der Waals surface area contributed by atoms with E-state index in [1.807, 2.05) is 12.1 Å². The molecule has 2 N–H and O–H groups in total. The molecule has 0 aliphatic heterocycles. The van der Waals surface area contributed by atoms with Gasteiger partial charge in [0.2, 0.25) is 0 Å². The molecular weight excluding hydrogens is 403 g/mol. The first-order chi connectivity index (χ1) is 14.6. The molecule has 0 unspecified atom stereocenters. The molecule has 1 aliphatic rings. The molecule has 0 radical (unpaired) electrons. The highest BCUT2D eigenvalue weighted by Gasteiger charge is 2.08. The van der Waals surface area contributed by atoms with Crippen molar-refractivity contribution in [2.24, 2.45) is 0 Å². The first kappa shape index (κ1) is 20.3. The van der Waals surface area contributed by atoms with Crippen LogP contribution in [0.3, 0.4) is 0 Å². The summed E-state index contributed by atoms with van der Waals surface area (Å²) in [6.07, 6.45) is 12.1. The average Bonchev–Trinajstić information content (AvgIpc) is 3.21. The molecule has 5 nitrogen and oxygen atoms in total. The lowest BCUT2D eigenvalue weighted by Crippen LogP contribution is -2.09. The zero-order valence-electron chi connectivity index (χ0n) is 16.4. The minimum atomic E-state index is -0.840. The molecule has 30 heavy (non-hydrogen) atoms. The molecule has 154 valence electrons. The van der Waals surface area contributed by atoms with Gasteiger partial charge in [-0.05, 0) is 36.4 Å². The molecule has 3 heterocycles. The Kier molecular flexibility index (Phi) is 6.23. The van der Waals surface area contributed by atoms with E-state index < -0.39 is 11.4 Å². The fourth-order valence-electron chi connectivity index (χ4n) is 3.49. The van der Waals surface area contributed by atoms with Crippen molar-refractivity contribution in [2.45, 2.75) is 38.5 Å². The van der Waals surface area contributed by atoms with Crippen LogP contribution in [0.25, 0.3) is 33.7 Å². The van der Waals surface area contributed by atoms with Gasteiger partial charge in [0.15, 0.2) is 5.82 Å². The third kappa shape index (κ3) is 4.76. The Hall–Kier alpha value is -2.99. The van der Waals surface area contributed by atoms with Gasteiger partial charge in [0.25, 0.3) is 5.56 Å². The number of nitrogens with one attached hydrogen (secondary N) is 2. The number of aromatic nitrogens is 4. The van der Waals surface area contributed by atoms with E-state index in [0.29, 0.717) is 22.1 Å². The molecule has 0 amide bonds. The molecule has 0 spiro atoms. The Labute approximate surface area is 178 Å². The number of hydrogen-bond donors (Lipinski definition) is 2. The normalized spacial score (nSPS) is 13.7. The van der Waals surface area contributed by atoms with E-state index >= 15 is 0 Å². The lowest BCUT2D eigenvalue weighted by Gasteiger charge is -2.05. The summed E-state index contributed by atoms with van der Waals surface area (Å²) in [7, 11) is 0. The Morgan fingerprint density at radius 1 is 0.933 bits per heavy atom. The van der Waals surface area contributed by atoms with Gasteiger partial charge in [0.05, 0.1) is 16.7 Å². The van der Waals surface area contributed by atoms with Crippen molar-refractivity contribution in [3.8, 4) is 22.6 Å². The van der Waals surface area contributed by atoms with Crippen molar-refractivity contribution in [3.63, 3.8) is 0 Å². The molecule has 1 saturated carbocycles. The monoisotopic (exact) mass is 424 g/mol. The van der Waals surface area contributed by atoms with Crippen LogP contribution in [-0.2, 0) is 0 Å². The molecule has 4 aromatic rings. The van der Waals surface area contributed by atoms with Gasteiger partial charge in [-0.2, -0.15) is 0 Å². The van der Waals surface area contributed by atoms with E-state index in [1.54, 1.807) is 24.4 Å². The summed E-state index contributed by atoms with van der Waals surface area (Å²) in [6.45, 7) is 0. The van der Waals surface area contributed by atoms with Crippen LogP contribution >= 0.6 is 11.6 Å². The van der Waals surface area contributed by atoms with Crippen LogP contribution in [-0.4, -0.2) is 19.9 Å². The van der Waals surface area contributed by atoms with E-state index in [4.69, 9.17) is 11.6 Å². The van der Waals surface area contributed by atoms with Gasteiger partial charge >= 0.3 is 0 Å². The van der Waals surface area contributed by atoms with Crippen molar-refractivity contribution in [1.29, 1.82) is 0 Å². The number of imidazole rings is 1. The number of nitrogens with zero attached hydrogens (tertiary/aromatic N) is 2. The standard InChI is InChI=1S/C17H10ClFN4O.C6H12/c18-11-2-4-14-15(6-11)23-16(22-14)9-1-3-13(20-7-9)10-5-12(19)17(24)21-8-10;1-2-4-6-5-3-1/h1-8H,(H,21,24)(H,22,23);1-6H2. The number of benzene rings is 1. The quantitative estimate of drug-likeness (QED) is 0.407. The summed E-state index contributed by atoms with van der Waals surface area (Å²) in [6, 6.07) is 10.1. The maximum Gasteiger partial charge on any atom is 0.283 e. The predicted octanol–water partition coefficient (Wildman–Crippen LogP) is 6.11. The molecule has 1 fully saturated rings. The molecule has 7 heteroatoms. The average molecular weight is 425 g/mol. The lowest BCUT2D eigenvalue weighted by atomic mass is 10.0. The number of H-pyrrole nitrogens is 2. The van der Waals surface area contributed by atoms with Crippen LogP contribution in [0.2, 0.25) is 5.02 Å². The third-order valence-corrected chi connectivity index (χ3v) is 5.37. The molecule has 3 aromatic heterocycles. The SMILES string of the molecule is C1CCCCC1.O=c1[nH]cc(-c2ccc(-c3nc4ccc(Cl)cc4[nH]3)cn2)cc1F. The largest absolute Gasteiger partial charge is 0.338 e. The predicted molar refractivity (Wildman–Crippen MR) is 118 cm³/mol. The zero-order chi connectivity index (χ0) is 20.9. The van der Waals surface area contributed by atoms with Crippen molar-refractivity contribution in [3.05, 3.63) is 70.0 Å². The smallest absolute Gasteiger partial charge is 0.283 e. The molecule has 1 aromatic carbocycles. The third-order valence-electron chi connectivity index (χ3n) is 5.13. The zero-order valence-corrected chi connectivity index (χ0v) is 17.2. The molecule has 0 bridgehead atoms. The minimum absolute atomic E-state index is 0.495.